The normalized spacial score (nSPS) is 13.7. The van der Waals surface area contributed by atoms with Crippen molar-refractivity contribution in [1.29, 1.82) is 0 Å². The largest absolute Gasteiger partial charge is 0.477 e. The van der Waals surface area contributed by atoms with Crippen molar-refractivity contribution in [2.24, 2.45) is 0 Å². The number of allylic oxidation sites excluding steroid dienone is 14. The van der Waals surface area contributed by atoms with Crippen LogP contribution in [0.3, 0.4) is 0 Å². The molecule has 8 heteroatoms. The molecule has 0 rings (SSSR count). The molecule has 1 N–H and O–H groups in total. The highest BCUT2D eigenvalue weighted by atomic mass is 16.6. The van der Waals surface area contributed by atoms with Crippen LogP contribution >= 0.6 is 0 Å². The molecule has 0 saturated heterocycles. The molecule has 0 fully saturated rings. The van der Waals surface area contributed by atoms with Gasteiger partial charge in [0.25, 0.3) is 0 Å². The van der Waals surface area contributed by atoms with Crippen molar-refractivity contribution < 1.29 is 38.2 Å². The van der Waals surface area contributed by atoms with Crippen molar-refractivity contribution in [3.63, 3.8) is 0 Å². The number of hydrogen-bond donors (Lipinski definition) is 1. The summed E-state index contributed by atoms with van der Waals surface area (Å²) < 4.78 is 17.3. The quantitative estimate of drug-likeness (QED) is 0.0215. The molecular weight excluding hydrogens is 751 g/mol. The monoisotopic (exact) mass is 839 g/mol. The lowest BCUT2D eigenvalue weighted by atomic mass is 10.1. The Morgan fingerprint density at radius 1 is 0.533 bits per heavy atom. The fourth-order valence-corrected chi connectivity index (χ4v) is 6.43. The van der Waals surface area contributed by atoms with Crippen molar-refractivity contribution in [3.05, 3.63) is 85.1 Å². The smallest absolute Gasteiger partial charge is 0.362 e. The molecule has 0 aromatic rings. The fourth-order valence-electron chi connectivity index (χ4n) is 6.43. The molecule has 2 unspecified atom stereocenters. The first-order chi connectivity index (χ1) is 29.1. The molecule has 8 nitrogen and oxygen atoms in total. The van der Waals surface area contributed by atoms with Crippen LogP contribution in [0, 0.1) is 0 Å². The van der Waals surface area contributed by atoms with Gasteiger partial charge in [-0.25, -0.2) is 4.79 Å². The number of nitrogens with zero attached hydrogens (tertiary/aromatic N) is 1. The Kier molecular flexibility index (Phi) is 39.8. The van der Waals surface area contributed by atoms with Gasteiger partial charge in [-0.15, -0.1) is 0 Å². The topological polar surface area (TPSA) is 99.1 Å². The summed E-state index contributed by atoms with van der Waals surface area (Å²) in [5.41, 5.74) is 0. The molecule has 0 bridgehead atoms. The lowest BCUT2D eigenvalue weighted by Crippen LogP contribution is -2.50. The molecule has 0 radical (unpaired) electrons. The van der Waals surface area contributed by atoms with Gasteiger partial charge >= 0.3 is 17.9 Å². The summed E-state index contributed by atoms with van der Waals surface area (Å²) in [5.74, 6) is -1.52. The van der Waals surface area contributed by atoms with Crippen molar-refractivity contribution in [2.75, 3.05) is 41.0 Å². The molecule has 0 spiro atoms. The van der Waals surface area contributed by atoms with Gasteiger partial charge < -0.3 is 23.8 Å². The van der Waals surface area contributed by atoms with Crippen LogP contribution in [0.1, 0.15) is 174 Å². The van der Waals surface area contributed by atoms with Crippen LogP contribution < -0.4 is 0 Å². The van der Waals surface area contributed by atoms with Gasteiger partial charge in [-0.2, -0.15) is 0 Å². The van der Waals surface area contributed by atoms with Crippen LogP contribution in [0.15, 0.2) is 85.1 Å². The predicted molar refractivity (Wildman–Crippen MR) is 252 cm³/mol. The second-order valence-corrected chi connectivity index (χ2v) is 16.7. The van der Waals surface area contributed by atoms with E-state index in [1.54, 1.807) is 0 Å². The highest BCUT2D eigenvalue weighted by molar-refractivity contribution is 5.72. The maximum Gasteiger partial charge on any atom is 0.362 e. The lowest BCUT2D eigenvalue weighted by Gasteiger charge is -2.31. The minimum atomic E-state index is -0.883. The molecule has 0 amide bonds. The van der Waals surface area contributed by atoms with Gasteiger partial charge in [0.1, 0.15) is 6.61 Å². The first kappa shape index (κ1) is 56.5. The zero-order valence-corrected chi connectivity index (χ0v) is 38.9. The Morgan fingerprint density at radius 3 is 1.52 bits per heavy atom. The number of likely N-dealkylation sites (N-methyl/N-ethyl adjacent to an activating group) is 1. The van der Waals surface area contributed by atoms with Crippen molar-refractivity contribution in [3.8, 4) is 0 Å². The molecule has 0 aromatic heterocycles. The Morgan fingerprint density at radius 2 is 1.00 bits per heavy atom. The molecule has 0 aliphatic heterocycles. The molecule has 0 aliphatic carbocycles. The second kappa shape index (κ2) is 42.2. The lowest BCUT2D eigenvalue weighted by molar-refractivity contribution is -0.887. The number of ether oxygens (including phenoxy) is 3. The van der Waals surface area contributed by atoms with Gasteiger partial charge in [0.15, 0.2) is 12.1 Å². The van der Waals surface area contributed by atoms with Gasteiger partial charge in [0.2, 0.25) is 0 Å². The number of quaternary nitrogens is 1. The fraction of sp³-hybridized carbons (Fsp3) is 0.673. The summed E-state index contributed by atoms with van der Waals surface area (Å²) in [7, 11) is 5.51. The Labute approximate surface area is 367 Å². The molecule has 0 aromatic carbocycles. The summed E-state index contributed by atoms with van der Waals surface area (Å²) in [6, 6.07) is -0.625. The van der Waals surface area contributed by atoms with E-state index in [0.29, 0.717) is 19.3 Å². The van der Waals surface area contributed by atoms with E-state index in [4.69, 9.17) is 14.2 Å². The van der Waals surface area contributed by atoms with E-state index in [1.165, 1.54) is 44.9 Å². The van der Waals surface area contributed by atoms with Crippen LogP contribution in [-0.2, 0) is 28.6 Å². The Balaban J connectivity index is 4.36. The van der Waals surface area contributed by atoms with Crippen LogP contribution in [0.4, 0.5) is 0 Å². The first-order valence-corrected chi connectivity index (χ1v) is 23.7. The number of esters is 2. The molecule has 342 valence electrons. The van der Waals surface area contributed by atoms with Gasteiger partial charge in [-0.3, -0.25) is 9.59 Å². The third-order valence-corrected chi connectivity index (χ3v) is 10.1. The van der Waals surface area contributed by atoms with E-state index in [9.17, 15) is 19.5 Å². The van der Waals surface area contributed by atoms with E-state index >= 15 is 0 Å². The maximum absolute atomic E-state index is 12.7. The van der Waals surface area contributed by atoms with Gasteiger partial charge in [-0.05, 0) is 77.0 Å². The Hall–Kier alpha value is -3.49. The summed E-state index contributed by atoms with van der Waals surface area (Å²) in [6.07, 6.45) is 54.8. The highest BCUT2D eigenvalue weighted by Gasteiger charge is 2.31. The number of rotatable bonds is 41. The summed E-state index contributed by atoms with van der Waals surface area (Å²) in [6.45, 7) is 4.53. The number of unbranched alkanes of at least 4 members (excludes halogenated alkanes) is 15. The average Bonchev–Trinajstić information content (AvgIpc) is 3.21. The third kappa shape index (κ3) is 39.9. The molecule has 0 heterocycles. The van der Waals surface area contributed by atoms with E-state index in [1.807, 2.05) is 21.1 Å². The van der Waals surface area contributed by atoms with Crippen molar-refractivity contribution in [1.82, 2.24) is 0 Å². The SMILES string of the molecule is CC/C=C/C=C/C=C/CCCCCCCCCC(=O)OC(COCCC(C(=O)O)[N+](C)(C)C)COC(=O)CCCCCCC/C=C/C/C=C/C/C=C/C/C=C/CCCCC. The molecule has 60 heavy (non-hydrogen) atoms. The summed E-state index contributed by atoms with van der Waals surface area (Å²) >= 11 is 0. The van der Waals surface area contributed by atoms with Crippen LogP contribution in [-0.4, -0.2) is 80.6 Å². The van der Waals surface area contributed by atoms with E-state index < -0.39 is 18.1 Å². The standard InChI is InChI=1S/C52H87NO7/c1-6-8-10-12-14-16-18-20-22-23-24-25-26-27-29-30-32-34-36-38-40-42-50(54)59-47-48(46-58-45-44-49(52(56)57)53(3,4)5)60-51(55)43-41-39-37-35-33-31-28-21-19-17-15-13-11-9-7-2/h9,11,13-17,19-20,22,24-25,27,29,48-49H,6-8,10,12,18,21,23,26,28,30-47H2,1-5H3/p+1/b11-9+,15-13+,16-14+,19-17+,22-20+,25-24+,29-27+. The maximum atomic E-state index is 12.7. The number of carboxylic acids is 1. The van der Waals surface area contributed by atoms with E-state index in [2.05, 4.69) is 98.9 Å². The average molecular weight is 839 g/mol. The van der Waals surface area contributed by atoms with Crippen LogP contribution in [0.2, 0.25) is 0 Å². The summed E-state index contributed by atoms with van der Waals surface area (Å²) in [5, 5.41) is 9.63. The minimum absolute atomic E-state index is 0.0450. The zero-order chi connectivity index (χ0) is 44.2. The number of hydrogen-bond acceptors (Lipinski definition) is 6. The molecule has 0 saturated carbocycles. The molecule has 0 aliphatic rings. The summed E-state index contributed by atoms with van der Waals surface area (Å²) in [4.78, 5) is 37.1. The van der Waals surface area contributed by atoms with E-state index in [-0.39, 0.29) is 36.2 Å². The minimum Gasteiger partial charge on any atom is -0.477 e. The number of carbonyl (C=O) groups is 3. The van der Waals surface area contributed by atoms with Gasteiger partial charge in [0, 0.05) is 19.3 Å². The van der Waals surface area contributed by atoms with Crippen LogP contribution in [0.25, 0.3) is 0 Å². The predicted octanol–water partition coefficient (Wildman–Crippen LogP) is 13.3. The number of carboxylic acid groups (broad SMARTS) is 1. The molecule has 2 atom stereocenters. The number of aliphatic carboxylic acids is 1. The van der Waals surface area contributed by atoms with Crippen molar-refractivity contribution in [2.45, 2.75) is 187 Å². The van der Waals surface area contributed by atoms with Gasteiger partial charge in [-0.1, -0.05) is 163 Å². The zero-order valence-electron chi connectivity index (χ0n) is 38.9. The third-order valence-electron chi connectivity index (χ3n) is 10.1. The highest BCUT2D eigenvalue weighted by Crippen LogP contribution is 2.13. The number of carbonyl (C=O) groups excluding carboxylic acids is 2. The van der Waals surface area contributed by atoms with Gasteiger partial charge in [0.05, 0.1) is 34.4 Å². The Bertz CT molecular complexity index is 1250. The van der Waals surface area contributed by atoms with E-state index in [0.717, 1.165) is 96.3 Å². The van der Waals surface area contributed by atoms with Crippen LogP contribution in [0.5, 0.6) is 0 Å². The first-order valence-electron chi connectivity index (χ1n) is 23.7. The molecular formula is C52H88NO7+. The second-order valence-electron chi connectivity index (χ2n) is 16.7. The van der Waals surface area contributed by atoms with Crippen molar-refractivity contribution >= 4 is 17.9 Å².